The van der Waals surface area contributed by atoms with Crippen LogP contribution in [-0.2, 0) is 0 Å². The minimum Gasteiger partial charge on any atom is -0.493 e. The monoisotopic (exact) mass is 433 g/mol. The Bertz CT molecular complexity index is 1520. The molecule has 1 N–H and O–H groups in total. The van der Waals surface area contributed by atoms with Crippen LogP contribution in [0, 0.1) is 0 Å². The fourth-order valence-electron chi connectivity index (χ4n) is 4.17. The number of ether oxygens (including phenoxy) is 3. The Morgan fingerprint density at radius 2 is 1.72 bits per heavy atom. The number of H-pyrrole nitrogens is 1. The molecule has 0 aliphatic carbocycles. The molecule has 0 unspecified atom stereocenters. The first-order valence-corrected chi connectivity index (χ1v) is 10.2. The van der Waals surface area contributed by atoms with Gasteiger partial charge in [0.05, 0.1) is 21.3 Å². The molecule has 0 bridgehead atoms. The second kappa shape index (κ2) is 7.33. The van der Waals surface area contributed by atoms with Crippen molar-refractivity contribution in [3.05, 3.63) is 46.8 Å². The van der Waals surface area contributed by atoms with Gasteiger partial charge in [-0.05, 0) is 43.7 Å². The summed E-state index contributed by atoms with van der Waals surface area (Å²) in [6, 6.07) is 8.70. The van der Waals surface area contributed by atoms with Crippen molar-refractivity contribution < 1.29 is 18.6 Å². The number of aromatic nitrogens is 3. The van der Waals surface area contributed by atoms with Crippen molar-refractivity contribution in [2.45, 2.75) is 19.9 Å². The summed E-state index contributed by atoms with van der Waals surface area (Å²) in [5, 5.41) is 4.96. The highest BCUT2D eigenvalue weighted by molar-refractivity contribution is 6.14. The molecule has 0 aliphatic rings. The molecular weight excluding hydrogens is 410 g/mol. The van der Waals surface area contributed by atoms with E-state index in [1.807, 2.05) is 23.0 Å². The summed E-state index contributed by atoms with van der Waals surface area (Å²) in [6.45, 7) is 4.16. The van der Waals surface area contributed by atoms with E-state index in [4.69, 9.17) is 23.6 Å². The van der Waals surface area contributed by atoms with E-state index >= 15 is 0 Å². The molecule has 8 nitrogen and oxygen atoms in total. The van der Waals surface area contributed by atoms with Crippen molar-refractivity contribution in [1.29, 1.82) is 0 Å². The number of aromatic amines is 1. The lowest BCUT2D eigenvalue weighted by atomic mass is 10.0. The van der Waals surface area contributed by atoms with Gasteiger partial charge in [-0.25, -0.2) is 4.98 Å². The summed E-state index contributed by atoms with van der Waals surface area (Å²) in [7, 11) is 4.73. The molecule has 5 rings (SSSR count). The second-order valence-corrected chi connectivity index (χ2v) is 7.81. The molecule has 0 radical (unpaired) electrons. The molecule has 5 aromatic rings. The molecule has 0 amide bonds. The molecule has 0 aliphatic heterocycles. The zero-order valence-corrected chi connectivity index (χ0v) is 18.5. The highest BCUT2D eigenvalue weighted by Gasteiger charge is 2.23. The minimum atomic E-state index is -0.115. The summed E-state index contributed by atoms with van der Waals surface area (Å²) < 4.78 is 24.8. The first kappa shape index (κ1) is 20.0. The molecule has 0 atom stereocenters. The van der Waals surface area contributed by atoms with Gasteiger partial charge in [-0.15, -0.1) is 0 Å². The van der Waals surface area contributed by atoms with Crippen LogP contribution < -0.4 is 19.6 Å². The zero-order valence-electron chi connectivity index (χ0n) is 18.5. The van der Waals surface area contributed by atoms with E-state index in [1.165, 1.54) is 12.1 Å². The maximum atomic E-state index is 11.9. The third kappa shape index (κ3) is 2.83. The molecule has 0 spiro atoms. The maximum Gasteiger partial charge on any atom is 0.203 e. The number of hydrogen-bond acceptors (Lipinski definition) is 6. The van der Waals surface area contributed by atoms with Gasteiger partial charge in [0.1, 0.15) is 11.1 Å². The van der Waals surface area contributed by atoms with E-state index in [0.29, 0.717) is 33.9 Å². The lowest BCUT2D eigenvalue weighted by molar-refractivity contribution is 0.324. The molecule has 32 heavy (non-hydrogen) atoms. The third-order valence-corrected chi connectivity index (χ3v) is 5.64. The van der Waals surface area contributed by atoms with Gasteiger partial charge in [0.25, 0.3) is 0 Å². The van der Waals surface area contributed by atoms with Gasteiger partial charge in [-0.3, -0.25) is 9.48 Å². The van der Waals surface area contributed by atoms with Crippen LogP contribution in [0.5, 0.6) is 17.2 Å². The molecule has 2 aromatic carbocycles. The first-order valence-electron chi connectivity index (χ1n) is 10.2. The van der Waals surface area contributed by atoms with Gasteiger partial charge in [-0.2, -0.15) is 0 Å². The fourth-order valence-corrected chi connectivity index (χ4v) is 4.17. The molecule has 0 saturated carbocycles. The van der Waals surface area contributed by atoms with Gasteiger partial charge in [0.2, 0.25) is 5.75 Å². The largest absolute Gasteiger partial charge is 0.493 e. The molecule has 3 aromatic heterocycles. The SMILES string of the molecule is COc1cc(-c2c3c[nH]n(C(C)C)c3nc3c2oc2cc(=O)ccc23)cc(OC)c1OC. The predicted octanol–water partition coefficient (Wildman–Crippen LogP) is 4.90. The zero-order chi connectivity index (χ0) is 22.6. The summed E-state index contributed by atoms with van der Waals surface area (Å²) >= 11 is 0. The minimum absolute atomic E-state index is 0.115. The lowest BCUT2D eigenvalue weighted by Crippen LogP contribution is -2.03. The van der Waals surface area contributed by atoms with Crippen molar-refractivity contribution in [3.8, 4) is 28.4 Å². The number of rotatable bonds is 5. The Labute approximate surface area is 183 Å². The van der Waals surface area contributed by atoms with Crippen molar-refractivity contribution >= 4 is 33.1 Å². The third-order valence-electron chi connectivity index (χ3n) is 5.64. The second-order valence-electron chi connectivity index (χ2n) is 7.81. The van der Waals surface area contributed by atoms with Gasteiger partial charge < -0.3 is 23.7 Å². The predicted molar refractivity (Wildman–Crippen MR) is 123 cm³/mol. The van der Waals surface area contributed by atoms with Gasteiger partial charge >= 0.3 is 0 Å². The smallest absolute Gasteiger partial charge is 0.203 e. The number of nitrogens with zero attached hydrogens (tertiary/aromatic N) is 2. The maximum absolute atomic E-state index is 11.9. The van der Waals surface area contributed by atoms with Gasteiger partial charge in [0, 0.05) is 34.6 Å². The van der Waals surface area contributed by atoms with E-state index < -0.39 is 0 Å². The quantitative estimate of drug-likeness (QED) is 0.424. The van der Waals surface area contributed by atoms with Crippen LogP contribution in [0.25, 0.3) is 44.2 Å². The number of benzene rings is 2. The van der Waals surface area contributed by atoms with Crippen molar-refractivity contribution in [3.63, 3.8) is 0 Å². The van der Waals surface area contributed by atoms with Crippen molar-refractivity contribution in [2.75, 3.05) is 21.3 Å². The van der Waals surface area contributed by atoms with E-state index in [0.717, 1.165) is 27.5 Å². The molecular formula is C24H23N3O5. The van der Waals surface area contributed by atoms with E-state index in [9.17, 15) is 4.79 Å². The number of pyridine rings is 1. The average molecular weight is 433 g/mol. The Morgan fingerprint density at radius 3 is 2.34 bits per heavy atom. The van der Waals surface area contributed by atoms with E-state index in [2.05, 4.69) is 18.9 Å². The van der Waals surface area contributed by atoms with Gasteiger partial charge in [0.15, 0.2) is 28.2 Å². The summed E-state index contributed by atoms with van der Waals surface area (Å²) in [4.78, 5) is 16.9. The number of fused-ring (bicyclic) bond motifs is 4. The normalized spacial score (nSPS) is 11.7. The molecule has 0 fully saturated rings. The highest BCUT2D eigenvalue weighted by Crippen LogP contribution is 2.45. The number of methoxy groups -OCH3 is 3. The summed E-state index contributed by atoms with van der Waals surface area (Å²) in [6.07, 6.45) is 1.91. The van der Waals surface area contributed by atoms with Crippen LogP contribution in [0.3, 0.4) is 0 Å². The topological polar surface area (TPSA) is 91.5 Å². The molecule has 8 heteroatoms. The molecule has 164 valence electrons. The first-order chi connectivity index (χ1) is 15.5. The van der Waals surface area contributed by atoms with Crippen LogP contribution in [0.4, 0.5) is 0 Å². The number of hydrogen-bond donors (Lipinski definition) is 1. The van der Waals surface area contributed by atoms with Crippen LogP contribution in [0.15, 0.2) is 45.7 Å². The van der Waals surface area contributed by atoms with Crippen molar-refractivity contribution in [1.82, 2.24) is 14.8 Å². The molecule has 0 saturated heterocycles. The van der Waals surface area contributed by atoms with Crippen molar-refractivity contribution in [2.24, 2.45) is 0 Å². The standard InChI is InChI=1S/C24H23N3O5/c1-12(2)27-24-16(11-25-27)20(13-8-18(29-3)22(31-5)19(9-13)30-4)23-21(26-24)15-7-6-14(28)10-17(15)32-23/h6-12,25H,1-5H3. The number of furan rings is 1. The Morgan fingerprint density at radius 1 is 1.00 bits per heavy atom. The van der Waals surface area contributed by atoms with Gasteiger partial charge in [-0.1, -0.05) is 0 Å². The number of nitrogens with one attached hydrogen (secondary N) is 1. The van der Waals surface area contributed by atoms with Crippen LogP contribution in [-0.4, -0.2) is 36.1 Å². The van der Waals surface area contributed by atoms with E-state index in [-0.39, 0.29) is 11.5 Å². The Kier molecular flexibility index (Phi) is 4.58. The Hall–Kier alpha value is -3.94. The van der Waals surface area contributed by atoms with Crippen LogP contribution in [0.2, 0.25) is 0 Å². The Balaban J connectivity index is 1.97. The fraction of sp³-hybridized carbons (Fsp3) is 0.250. The average Bonchev–Trinajstić information content (AvgIpc) is 3.37. The van der Waals surface area contributed by atoms with Crippen LogP contribution >= 0.6 is 0 Å². The summed E-state index contributed by atoms with van der Waals surface area (Å²) in [5.41, 5.74) is 4.08. The molecule has 3 heterocycles. The summed E-state index contributed by atoms with van der Waals surface area (Å²) in [5.74, 6) is 1.57. The van der Waals surface area contributed by atoms with E-state index in [1.54, 1.807) is 27.4 Å². The lowest BCUT2D eigenvalue weighted by Gasteiger charge is -2.15. The van der Waals surface area contributed by atoms with Crippen LogP contribution in [0.1, 0.15) is 19.9 Å². The highest BCUT2D eigenvalue weighted by atomic mass is 16.5.